The Kier molecular flexibility index (Phi) is 9.15. The summed E-state index contributed by atoms with van der Waals surface area (Å²) in [7, 11) is 1.61. The number of amides is 1. The van der Waals surface area contributed by atoms with Gasteiger partial charge in [0.15, 0.2) is 5.96 Å². The second-order valence-corrected chi connectivity index (χ2v) is 6.50. The molecule has 0 radical (unpaired) electrons. The molecule has 0 unspecified atom stereocenters. The van der Waals surface area contributed by atoms with Crippen LogP contribution in [0.4, 0.5) is 0 Å². The highest BCUT2D eigenvalue weighted by Gasteiger charge is 2.05. The second-order valence-electron chi connectivity index (χ2n) is 6.09. The lowest BCUT2D eigenvalue weighted by atomic mass is 10.1. The molecule has 28 heavy (non-hydrogen) atoms. The number of hydrogen-bond donors (Lipinski definition) is 3. The Balaban J connectivity index is 1.80. The van der Waals surface area contributed by atoms with Gasteiger partial charge in [-0.25, -0.2) is 4.99 Å². The van der Waals surface area contributed by atoms with E-state index in [0.717, 1.165) is 23.3 Å². The summed E-state index contributed by atoms with van der Waals surface area (Å²) in [5, 5.41) is 9.90. The number of nitrogens with one attached hydrogen (secondary N) is 3. The number of benzene rings is 2. The highest BCUT2D eigenvalue weighted by molar-refractivity contribution is 6.31. The van der Waals surface area contributed by atoms with Gasteiger partial charge in [-0.1, -0.05) is 48.0 Å². The molecule has 2 rings (SSSR count). The molecule has 0 saturated heterocycles. The number of rotatable bonds is 9. The molecule has 7 heteroatoms. The van der Waals surface area contributed by atoms with Gasteiger partial charge in [-0.15, -0.1) is 0 Å². The summed E-state index contributed by atoms with van der Waals surface area (Å²) in [5.41, 5.74) is 2.08. The zero-order valence-electron chi connectivity index (χ0n) is 16.3. The number of nitrogens with zero attached hydrogens (tertiary/aromatic N) is 1. The van der Waals surface area contributed by atoms with Gasteiger partial charge in [0.25, 0.3) is 0 Å². The van der Waals surface area contributed by atoms with Crippen LogP contribution in [0.15, 0.2) is 53.5 Å². The van der Waals surface area contributed by atoms with Crippen molar-refractivity contribution in [3.8, 4) is 5.75 Å². The maximum absolute atomic E-state index is 12.0. The van der Waals surface area contributed by atoms with Crippen LogP contribution in [0.25, 0.3) is 0 Å². The molecule has 0 saturated carbocycles. The Labute approximate surface area is 171 Å². The van der Waals surface area contributed by atoms with Gasteiger partial charge in [-0.3, -0.25) is 4.79 Å². The van der Waals surface area contributed by atoms with Gasteiger partial charge in [-0.2, -0.15) is 0 Å². The van der Waals surface area contributed by atoms with E-state index in [0.29, 0.717) is 30.6 Å². The van der Waals surface area contributed by atoms with Crippen LogP contribution in [0.5, 0.6) is 5.75 Å². The lowest BCUT2D eigenvalue weighted by Crippen LogP contribution is -2.39. The third kappa shape index (κ3) is 7.48. The molecule has 2 aromatic rings. The van der Waals surface area contributed by atoms with Crippen LogP contribution in [0.2, 0.25) is 5.02 Å². The van der Waals surface area contributed by atoms with Crippen LogP contribution >= 0.6 is 11.6 Å². The molecule has 0 aliphatic heterocycles. The maximum atomic E-state index is 12.0. The summed E-state index contributed by atoms with van der Waals surface area (Å²) in [6.45, 7) is 3.89. The van der Waals surface area contributed by atoms with Crippen molar-refractivity contribution in [1.29, 1.82) is 0 Å². The fourth-order valence-electron chi connectivity index (χ4n) is 2.52. The summed E-state index contributed by atoms with van der Waals surface area (Å²) in [6, 6.07) is 15.4. The molecular formula is C21H27ClN4O2. The summed E-state index contributed by atoms with van der Waals surface area (Å²) in [6.07, 6.45) is 0.730. The average Bonchev–Trinajstić information content (AvgIpc) is 2.72. The monoisotopic (exact) mass is 402 g/mol. The smallest absolute Gasteiger partial charge is 0.242 e. The number of ether oxygens (including phenoxy) is 1. The molecule has 150 valence electrons. The van der Waals surface area contributed by atoms with Gasteiger partial charge in [0.05, 0.1) is 7.11 Å². The van der Waals surface area contributed by atoms with Crippen molar-refractivity contribution >= 4 is 23.5 Å². The van der Waals surface area contributed by atoms with E-state index < -0.39 is 0 Å². The summed E-state index contributed by atoms with van der Waals surface area (Å²) >= 11 is 6.27. The number of methoxy groups -OCH3 is 1. The first-order valence-corrected chi connectivity index (χ1v) is 9.65. The predicted molar refractivity (Wildman–Crippen MR) is 114 cm³/mol. The summed E-state index contributed by atoms with van der Waals surface area (Å²) in [4.78, 5) is 16.4. The highest BCUT2D eigenvalue weighted by Crippen LogP contribution is 2.22. The Bertz CT molecular complexity index is 781. The number of aliphatic imine (C=N–C) groups is 1. The van der Waals surface area contributed by atoms with Crippen molar-refractivity contribution in [2.45, 2.75) is 19.9 Å². The van der Waals surface area contributed by atoms with Crippen molar-refractivity contribution in [3.05, 3.63) is 64.7 Å². The van der Waals surface area contributed by atoms with Crippen LogP contribution in [-0.2, 0) is 17.8 Å². The number of carbonyl (C=O) groups excluding carboxylic acids is 1. The number of hydrogen-bond acceptors (Lipinski definition) is 3. The zero-order valence-corrected chi connectivity index (χ0v) is 17.1. The lowest BCUT2D eigenvalue weighted by molar-refractivity contribution is -0.119. The third-order valence-corrected chi connectivity index (χ3v) is 4.36. The van der Waals surface area contributed by atoms with Crippen LogP contribution < -0.4 is 20.7 Å². The van der Waals surface area contributed by atoms with Crippen LogP contribution in [0.1, 0.15) is 18.1 Å². The molecule has 2 aromatic carbocycles. The number of carbonyl (C=O) groups is 1. The molecule has 0 fully saturated rings. The first-order valence-electron chi connectivity index (χ1n) is 9.27. The number of guanidine groups is 1. The minimum Gasteiger partial charge on any atom is -0.497 e. The van der Waals surface area contributed by atoms with E-state index in [1.807, 2.05) is 49.4 Å². The van der Waals surface area contributed by atoms with Gasteiger partial charge < -0.3 is 20.7 Å². The molecule has 0 spiro atoms. The zero-order chi connectivity index (χ0) is 20.2. The normalized spacial score (nSPS) is 11.0. The Hall–Kier alpha value is -2.73. The van der Waals surface area contributed by atoms with Gasteiger partial charge in [0.2, 0.25) is 5.91 Å². The van der Waals surface area contributed by atoms with Crippen molar-refractivity contribution in [2.75, 3.05) is 26.7 Å². The lowest BCUT2D eigenvalue weighted by Gasteiger charge is -2.12. The Morgan fingerprint density at radius 3 is 2.57 bits per heavy atom. The maximum Gasteiger partial charge on any atom is 0.242 e. The second kappa shape index (κ2) is 11.9. The molecule has 3 N–H and O–H groups in total. The van der Waals surface area contributed by atoms with Crippen LogP contribution in [0, 0.1) is 0 Å². The fraction of sp³-hybridized carbons (Fsp3) is 0.333. The van der Waals surface area contributed by atoms with E-state index in [9.17, 15) is 4.79 Å². The average molecular weight is 403 g/mol. The van der Waals surface area contributed by atoms with Crippen LogP contribution in [-0.4, -0.2) is 38.6 Å². The van der Waals surface area contributed by atoms with E-state index in [1.165, 1.54) is 0 Å². The van der Waals surface area contributed by atoms with E-state index in [4.69, 9.17) is 16.3 Å². The highest BCUT2D eigenvalue weighted by atomic mass is 35.5. The van der Waals surface area contributed by atoms with Crippen LogP contribution in [0.3, 0.4) is 0 Å². The van der Waals surface area contributed by atoms with E-state index in [2.05, 4.69) is 20.9 Å². The van der Waals surface area contributed by atoms with Crippen molar-refractivity contribution in [1.82, 2.24) is 16.0 Å². The van der Waals surface area contributed by atoms with Crippen molar-refractivity contribution in [3.63, 3.8) is 0 Å². The Morgan fingerprint density at radius 2 is 1.89 bits per heavy atom. The van der Waals surface area contributed by atoms with Gasteiger partial charge in [0.1, 0.15) is 12.3 Å². The summed E-state index contributed by atoms with van der Waals surface area (Å²) in [5.74, 6) is 1.21. The summed E-state index contributed by atoms with van der Waals surface area (Å²) < 4.78 is 5.16. The van der Waals surface area contributed by atoms with Crippen molar-refractivity contribution in [2.24, 2.45) is 4.99 Å². The molecule has 0 aromatic heterocycles. The quantitative estimate of drug-likeness (QED) is 0.445. The standard InChI is InChI=1S/C21H27ClN4O2/c1-3-23-21(24-12-11-17-9-10-18(28-2)13-19(17)22)26-15-20(27)25-14-16-7-5-4-6-8-16/h4-10,13H,3,11-12,14-15H2,1-2H3,(H,25,27)(H2,23,24,26). The molecular weight excluding hydrogens is 376 g/mol. The topological polar surface area (TPSA) is 74.8 Å². The molecule has 1 amide bonds. The largest absolute Gasteiger partial charge is 0.497 e. The first kappa shape index (κ1) is 21.6. The van der Waals surface area contributed by atoms with Gasteiger partial charge >= 0.3 is 0 Å². The molecule has 0 bridgehead atoms. The predicted octanol–water partition coefficient (Wildman–Crippen LogP) is 2.76. The van der Waals surface area contributed by atoms with E-state index in [1.54, 1.807) is 13.2 Å². The van der Waals surface area contributed by atoms with Gasteiger partial charge in [-0.05, 0) is 36.6 Å². The van der Waals surface area contributed by atoms with Gasteiger partial charge in [0, 0.05) is 24.7 Å². The minimum absolute atomic E-state index is 0.0610. The minimum atomic E-state index is -0.126. The Morgan fingerprint density at radius 1 is 1.11 bits per heavy atom. The molecule has 0 atom stereocenters. The molecule has 0 aliphatic carbocycles. The molecule has 0 aliphatic rings. The first-order chi connectivity index (χ1) is 13.6. The SMILES string of the molecule is CCNC(=NCC(=O)NCc1ccccc1)NCCc1ccc(OC)cc1Cl. The molecule has 0 heterocycles. The molecule has 6 nitrogen and oxygen atoms in total. The van der Waals surface area contributed by atoms with E-state index in [-0.39, 0.29) is 12.5 Å². The fourth-order valence-corrected chi connectivity index (χ4v) is 2.78. The van der Waals surface area contributed by atoms with E-state index >= 15 is 0 Å². The number of halogens is 1. The van der Waals surface area contributed by atoms with Crippen molar-refractivity contribution < 1.29 is 9.53 Å². The third-order valence-electron chi connectivity index (χ3n) is 4.00.